The lowest BCUT2D eigenvalue weighted by Crippen LogP contribution is -2.12. The van der Waals surface area contributed by atoms with Gasteiger partial charge in [-0.1, -0.05) is 68.5 Å². The Morgan fingerprint density at radius 1 is 1.03 bits per heavy atom. The van der Waals surface area contributed by atoms with Gasteiger partial charge in [0.15, 0.2) is 4.34 Å². The summed E-state index contributed by atoms with van der Waals surface area (Å²) in [5.41, 5.74) is 4.41. The summed E-state index contributed by atoms with van der Waals surface area (Å²) in [4.78, 5) is 8.25. The molecule has 0 atom stereocenters. The smallest absolute Gasteiger partial charge is 0.202 e. The minimum atomic E-state index is -0.0260. The molecule has 0 fully saturated rings. The van der Waals surface area contributed by atoms with Gasteiger partial charge in [0, 0.05) is 34.6 Å². The van der Waals surface area contributed by atoms with E-state index in [0.717, 1.165) is 36.0 Å². The van der Waals surface area contributed by atoms with Crippen LogP contribution in [0, 0.1) is 0 Å². The van der Waals surface area contributed by atoms with E-state index in [1.165, 1.54) is 10.9 Å². The van der Waals surface area contributed by atoms with Crippen molar-refractivity contribution in [2.75, 3.05) is 0 Å². The highest BCUT2D eigenvalue weighted by Crippen LogP contribution is 2.40. The molecule has 0 aliphatic rings. The van der Waals surface area contributed by atoms with Gasteiger partial charge >= 0.3 is 0 Å². The van der Waals surface area contributed by atoms with Crippen LogP contribution in [-0.4, -0.2) is 24.7 Å². The number of halogens is 1. The van der Waals surface area contributed by atoms with Gasteiger partial charge in [-0.15, -0.1) is 10.2 Å². The number of benzene rings is 2. The van der Waals surface area contributed by atoms with Crippen molar-refractivity contribution in [3.05, 3.63) is 81.7 Å². The Balaban J connectivity index is 1.55. The fourth-order valence-corrected chi connectivity index (χ4v) is 7.15. The fourth-order valence-electron chi connectivity index (χ4n) is 3.63. The molecule has 0 bridgehead atoms. The summed E-state index contributed by atoms with van der Waals surface area (Å²) in [6.07, 6.45) is 2.75. The number of rotatable bonds is 5. The number of nitrogens with one attached hydrogen (secondary N) is 1. The summed E-state index contributed by atoms with van der Waals surface area (Å²) >= 11 is 6.89. The lowest BCUT2D eigenvalue weighted by Gasteiger charge is -2.15. The van der Waals surface area contributed by atoms with E-state index in [4.69, 9.17) is 4.98 Å². The van der Waals surface area contributed by atoms with Crippen LogP contribution in [0.1, 0.15) is 37.9 Å². The number of para-hydroxylation sites is 2. The minimum Gasteiger partial charge on any atom is -0.361 e. The molecule has 0 radical (unpaired) electrons. The van der Waals surface area contributed by atoms with Crippen molar-refractivity contribution in [3.8, 4) is 5.69 Å². The molecule has 5 rings (SSSR count). The fraction of sp³-hybridized carbons (Fsp3) is 0.208. The molecule has 162 valence electrons. The van der Waals surface area contributed by atoms with Crippen LogP contribution in [0.4, 0.5) is 0 Å². The summed E-state index contributed by atoms with van der Waals surface area (Å²) in [5, 5.41) is 11.2. The third kappa shape index (κ3) is 4.14. The van der Waals surface area contributed by atoms with Crippen molar-refractivity contribution in [3.63, 3.8) is 0 Å². The largest absolute Gasteiger partial charge is 0.361 e. The highest BCUT2D eigenvalue weighted by atomic mass is 79.9. The molecule has 3 aromatic heterocycles. The lowest BCUT2D eigenvalue weighted by molar-refractivity contribution is 0.566. The van der Waals surface area contributed by atoms with Crippen LogP contribution in [0.3, 0.4) is 0 Å². The molecule has 32 heavy (non-hydrogen) atoms. The Hall–Kier alpha value is -2.42. The van der Waals surface area contributed by atoms with Crippen molar-refractivity contribution in [2.45, 2.75) is 42.1 Å². The number of hydrogen-bond acceptors (Lipinski definition) is 5. The molecule has 0 unspecified atom stereocenters. The number of aromatic amines is 1. The van der Waals surface area contributed by atoms with Crippen molar-refractivity contribution >= 4 is 49.9 Å². The first kappa shape index (κ1) is 21.4. The average Bonchev–Trinajstić information content (AvgIpc) is 3.47. The first-order valence-corrected chi connectivity index (χ1v) is 12.7. The molecule has 5 nitrogen and oxygen atoms in total. The molecule has 2 aromatic carbocycles. The zero-order valence-electron chi connectivity index (χ0n) is 18.0. The summed E-state index contributed by atoms with van der Waals surface area (Å²) in [6, 6.07) is 18.6. The van der Waals surface area contributed by atoms with E-state index < -0.39 is 0 Å². The molecule has 0 aliphatic heterocycles. The predicted octanol–water partition coefficient (Wildman–Crippen LogP) is 7.01. The number of aromatic nitrogens is 5. The standard InChI is InChI=1S/C24H22BrN5S2/c1-24(2,3)20-21(25)31-23(27-20)32-22-29-28-19(30(22)16-9-5-4-6-10-16)13-15-14-26-18-12-8-7-11-17(15)18/h4-12,14,26H,13H2,1-3H3. The summed E-state index contributed by atoms with van der Waals surface area (Å²) in [5.74, 6) is 0.898. The molecule has 0 aliphatic carbocycles. The molecule has 0 saturated carbocycles. The van der Waals surface area contributed by atoms with Gasteiger partial charge in [0.05, 0.1) is 9.48 Å². The number of H-pyrrole nitrogens is 1. The van der Waals surface area contributed by atoms with E-state index in [-0.39, 0.29) is 5.41 Å². The van der Waals surface area contributed by atoms with Gasteiger partial charge in [-0.2, -0.15) is 0 Å². The summed E-state index contributed by atoms with van der Waals surface area (Å²) in [7, 11) is 0. The second-order valence-corrected chi connectivity index (χ2v) is 12.1. The van der Waals surface area contributed by atoms with Gasteiger partial charge in [0.1, 0.15) is 5.82 Å². The van der Waals surface area contributed by atoms with E-state index in [2.05, 4.69) is 93.0 Å². The Labute approximate surface area is 203 Å². The first-order chi connectivity index (χ1) is 15.4. The molecule has 0 saturated heterocycles. The van der Waals surface area contributed by atoms with Gasteiger partial charge in [-0.3, -0.25) is 4.57 Å². The van der Waals surface area contributed by atoms with Crippen LogP contribution in [0.5, 0.6) is 0 Å². The quantitative estimate of drug-likeness (QED) is 0.269. The maximum Gasteiger partial charge on any atom is 0.202 e. The average molecular weight is 525 g/mol. The maximum atomic E-state index is 4.89. The number of fused-ring (bicyclic) bond motifs is 1. The molecular formula is C24H22BrN5S2. The maximum absolute atomic E-state index is 4.89. The molecular weight excluding hydrogens is 502 g/mol. The van der Waals surface area contributed by atoms with Gasteiger partial charge in [0.25, 0.3) is 0 Å². The van der Waals surface area contributed by atoms with E-state index in [0.29, 0.717) is 6.42 Å². The second-order valence-electron chi connectivity index (χ2n) is 8.56. The van der Waals surface area contributed by atoms with Gasteiger partial charge < -0.3 is 4.98 Å². The third-order valence-corrected chi connectivity index (χ3v) is 7.91. The van der Waals surface area contributed by atoms with Crippen LogP contribution >= 0.6 is 39.0 Å². The molecule has 3 heterocycles. The second kappa shape index (κ2) is 8.50. The Kier molecular flexibility index (Phi) is 5.69. The Bertz CT molecular complexity index is 1380. The Morgan fingerprint density at radius 2 is 1.78 bits per heavy atom. The molecule has 5 aromatic rings. The normalized spacial score (nSPS) is 12.0. The molecule has 8 heteroatoms. The number of hydrogen-bond donors (Lipinski definition) is 1. The van der Waals surface area contributed by atoms with Crippen LogP contribution in [0.2, 0.25) is 0 Å². The molecule has 0 spiro atoms. The van der Waals surface area contributed by atoms with Crippen LogP contribution in [0.15, 0.2) is 74.1 Å². The van der Waals surface area contributed by atoms with Crippen LogP contribution in [-0.2, 0) is 11.8 Å². The zero-order valence-corrected chi connectivity index (χ0v) is 21.2. The van der Waals surface area contributed by atoms with E-state index in [1.807, 2.05) is 24.3 Å². The van der Waals surface area contributed by atoms with Crippen molar-refractivity contribution in [1.82, 2.24) is 24.7 Å². The van der Waals surface area contributed by atoms with Crippen molar-refractivity contribution < 1.29 is 0 Å². The topological polar surface area (TPSA) is 59.4 Å². The van der Waals surface area contributed by atoms with Crippen molar-refractivity contribution in [1.29, 1.82) is 0 Å². The molecule has 1 N–H and O–H groups in total. The van der Waals surface area contributed by atoms with Crippen LogP contribution < -0.4 is 0 Å². The first-order valence-electron chi connectivity index (χ1n) is 10.3. The molecule has 0 amide bonds. The summed E-state index contributed by atoms with van der Waals surface area (Å²) < 4.78 is 4.15. The van der Waals surface area contributed by atoms with E-state index in [1.54, 1.807) is 23.1 Å². The van der Waals surface area contributed by atoms with E-state index >= 15 is 0 Å². The van der Waals surface area contributed by atoms with Gasteiger partial charge in [0.2, 0.25) is 5.16 Å². The number of thiazole rings is 1. The summed E-state index contributed by atoms with van der Waals surface area (Å²) in [6.45, 7) is 6.52. The highest BCUT2D eigenvalue weighted by Gasteiger charge is 2.24. The predicted molar refractivity (Wildman–Crippen MR) is 135 cm³/mol. The SMILES string of the molecule is CC(C)(C)c1nc(Sc2nnc(Cc3c[nH]c4ccccc34)n2-c2ccccc2)sc1Br. The van der Waals surface area contributed by atoms with Crippen molar-refractivity contribution in [2.24, 2.45) is 0 Å². The number of nitrogens with zero attached hydrogens (tertiary/aromatic N) is 4. The lowest BCUT2D eigenvalue weighted by atomic mass is 9.93. The Morgan fingerprint density at radius 3 is 2.53 bits per heavy atom. The monoisotopic (exact) mass is 523 g/mol. The van der Waals surface area contributed by atoms with Gasteiger partial charge in [-0.25, -0.2) is 4.98 Å². The van der Waals surface area contributed by atoms with Crippen LogP contribution in [0.25, 0.3) is 16.6 Å². The highest BCUT2D eigenvalue weighted by molar-refractivity contribution is 9.11. The van der Waals surface area contributed by atoms with E-state index in [9.17, 15) is 0 Å². The van der Waals surface area contributed by atoms with Gasteiger partial charge in [-0.05, 0) is 51.5 Å². The zero-order chi connectivity index (χ0) is 22.3. The third-order valence-electron chi connectivity index (χ3n) is 5.19. The minimum absolute atomic E-state index is 0.0260.